The number of rotatable bonds is 4. The van der Waals surface area contributed by atoms with E-state index in [1.807, 2.05) is 0 Å². The largest absolute Gasteiger partial charge is 0.455 e. The Kier molecular flexibility index (Phi) is 6.39. The predicted molar refractivity (Wildman–Crippen MR) is 226 cm³/mol. The van der Waals surface area contributed by atoms with Gasteiger partial charge in [0.05, 0.1) is 16.8 Å². The third kappa shape index (κ3) is 4.17. The smallest absolute Gasteiger partial charge is 0.145 e. The molecule has 0 radical (unpaired) electrons. The lowest BCUT2D eigenvalue weighted by atomic mass is 9.82. The molecule has 2 aliphatic carbocycles. The summed E-state index contributed by atoms with van der Waals surface area (Å²) < 4.78 is 6.95. The van der Waals surface area contributed by atoms with Crippen LogP contribution in [-0.2, 0) is 10.8 Å². The van der Waals surface area contributed by atoms with Crippen molar-refractivity contribution in [3.8, 4) is 33.4 Å². The number of hydrogen-bond donors (Lipinski definition) is 0. The number of furan rings is 1. The van der Waals surface area contributed by atoms with Gasteiger partial charge in [0, 0.05) is 33.0 Å². The van der Waals surface area contributed by atoms with Crippen molar-refractivity contribution in [3.63, 3.8) is 0 Å². The molecule has 2 heteroatoms. The van der Waals surface area contributed by atoms with E-state index in [2.05, 4.69) is 196 Å². The Bertz CT molecular complexity index is 3010. The highest BCUT2D eigenvalue weighted by molar-refractivity contribution is 6.19. The summed E-state index contributed by atoms with van der Waals surface area (Å²) in [6.45, 7) is 9.43. The van der Waals surface area contributed by atoms with Gasteiger partial charge in [0.15, 0.2) is 0 Å². The highest BCUT2D eigenvalue weighted by Crippen LogP contribution is 2.57. The Labute approximate surface area is 315 Å². The molecule has 11 rings (SSSR count). The Morgan fingerprint density at radius 2 is 1.04 bits per heavy atom. The van der Waals surface area contributed by atoms with Gasteiger partial charge in [-0.25, -0.2) is 0 Å². The Hall–Kier alpha value is -6.38. The standard InChI is InChI=1S/C52H39NO/c1-51(2)41-22-10-7-18-36(41)40-31-33(27-29-43(40)51)53(45-25-14-24-44-48(45)38-19-8-11-23-42(38)52(44,3)4)46-30-28-37(35-21-13-16-32-15-5-6-17-34(32)35)50-49(46)39-20-9-12-26-47(39)54-50/h5-31H,1-4H3. The molecule has 0 spiro atoms. The molecule has 54 heavy (non-hydrogen) atoms. The van der Waals surface area contributed by atoms with E-state index in [1.165, 1.54) is 66.5 Å². The molecule has 258 valence electrons. The molecule has 0 bridgehead atoms. The molecule has 0 fully saturated rings. The number of hydrogen-bond acceptors (Lipinski definition) is 2. The van der Waals surface area contributed by atoms with Crippen molar-refractivity contribution in [1.29, 1.82) is 0 Å². The maximum atomic E-state index is 6.95. The summed E-state index contributed by atoms with van der Waals surface area (Å²) in [4.78, 5) is 2.52. The first kappa shape index (κ1) is 31.2. The number of para-hydroxylation sites is 1. The van der Waals surface area contributed by atoms with Gasteiger partial charge in [0.1, 0.15) is 11.2 Å². The highest BCUT2D eigenvalue weighted by atomic mass is 16.3. The number of nitrogens with zero attached hydrogens (tertiary/aromatic N) is 1. The van der Waals surface area contributed by atoms with E-state index in [1.54, 1.807) is 0 Å². The molecule has 2 nitrogen and oxygen atoms in total. The van der Waals surface area contributed by atoms with Crippen LogP contribution < -0.4 is 4.90 Å². The first-order valence-corrected chi connectivity index (χ1v) is 19.0. The third-order valence-corrected chi connectivity index (χ3v) is 12.5. The van der Waals surface area contributed by atoms with E-state index in [-0.39, 0.29) is 10.8 Å². The molecule has 0 N–H and O–H groups in total. The van der Waals surface area contributed by atoms with Crippen molar-refractivity contribution < 1.29 is 4.42 Å². The molecule has 0 aliphatic heterocycles. The number of anilines is 3. The molecule has 1 heterocycles. The molecular weight excluding hydrogens is 655 g/mol. The molecule has 0 unspecified atom stereocenters. The first-order chi connectivity index (χ1) is 26.3. The Morgan fingerprint density at radius 1 is 0.426 bits per heavy atom. The SMILES string of the molecule is CC1(C)c2ccccc2-c2cc(N(c3cccc4c3-c3ccccc3C4(C)C)c3ccc(-c4cccc5ccccc45)c4oc5ccccc5c34)ccc21. The fraction of sp³-hybridized carbons (Fsp3) is 0.115. The van der Waals surface area contributed by atoms with Crippen molar-refractivity contribution in [2.24, 2.45) is 0 Å². The average molecular weight is 694 g/mol. The molecule has 0 amide bonds. The maximum absolute atomic E-state index is 6.95. The quantitative estimate of drug-likeness (QED) is 0.182. The zero-order chi connectivity index (χ0) is 36.3. The van der Waals surface area contributed by atoms with Gasteiger partial charge in [-0.1, -0.05) is 155 Å². The van der Waals surface area contributed by atoms with Crippen molar-refractivity contribution in [2.45, 2.75) is 38.5 Å². The molecule has 0 saturated heterocycles. The topological polar surface area (TPSA) is 16.4 Å². The van der Waals surface area contributed by atoms with Crippen LogP contribution in [0.4, 0.5) is 17.1 Å². The van der Waals surface area contributed by atoms with Crippen LogP contribution in [0.1, 0.15) is 49.9 Å². The zero-order valence-electron chi connectivity index (χ0n) is 30.9. The van der Waals surface area contributed by atoms with Crippen LogP contribution in [0, 0.1) is 0 Å². The molecule has 0 saturated carbocycles. The third-order valence-electron chi connectivity index (χ3n) is 12.5. The van der Waals surface area contributed by atoms with Gasteiger partial charge in [-0.2, -0.15) is 0 Å². The monoisotopic (exact) mass is 693 g/mol. The van der Waals surface area contributed by atoms with E-state index in [9.17, 15) is 0 Å². The molecule has 0 atom stereocenters. The molecule has 9 aromatic rings. The average Bonchev–Trinajstić information content (AvgIpc) is 3.79. The summed E-state index contributed by atoms with van der Waals surface area (Å²) in [6.07, 6.45) is 0. The predicted octanol–water partition coefficient (Wildman–Crippen LogP) is 14.5. The van der Waals surface area contributed by atoms with Crippen LogP contribution in [0.5, 0.6) is 0 Å². The summed E-state index contributed by atoms with van der Waals surface area (Å²) in [5, 5.41) is 4.65. The molecule has 8 aromatic carbocycles. The Balaban J connectivity index is 1.25. The lowest BCUT2D eigenvalue weighted by Crippen LogP contribution is -2.17. The van der Waals surface area contributed by atoms with Crippen molar-refractivity contribution in [2.75, 3.05) is 4.90 Å². The minimum absolute atomic E-state index is 0.0830. The minimum atomic E-state index is -0.135. The zero-order valence-corrected chi connectivity index (χ0v) is 30.9. The fourth-order valence-electron chi connectivity index (χ4n) is 9.85. The van der Waals surface area contributed by atoms with Crippen LogP contribution in [0.15, 0.2) is 168 Å². The van der Waals surface area contributed by atoms with Gasteiger partial charge in [0.25, 0.3) is 0 Å². The summed E-state index contributed by atoms with van der Waals surface area (Å²) >= 11 is 0. The summed E-state index contributed by atoms with van der Waals surface area (Å²) in [5.74, 6) is 0. The maximum Gasteiger partial charge on any atom is 0.145 e. The minimum Gasteiger partial charge on any atom is -0.455 e. The molecule has 2 aliphatic rings. The van der Waals surface area contributed by atoms with Crippen LogP contribution in [0.2, 0.25) is 0 Å². The van der Waals surface area contributed by atoms with E-state index < -0.39 is 0 Å². The van der Waals surface area contributed by atoms with E-state index >= 15 is 0 Å². The second-order valence-corrected chi connectivity index (χ2v) is 16.1. The van der Waals surface area contributed by atoms with Crippen molar-refractivity contribution >= 4 is 49.8 Å². The van der Waals surface area contributed by atoms with Gasteiger partial charge in [-0.15, -0.1) is 0 Å². The van der Waals surface area contributed by atoms with Gasteiger partial charge >= 0.3 is 0 Å². The molecular formula is C52H39NO. The summed E-state index contributed by atoms with van der Waals surface area (Å²) in [6, 6.07) is 60.3. The van der Waals surface area contributed by atoms with Gasteiger partial charge in [-0.05, 0) is 91.7 Å². The van der Waals surface area contributed by atoms with E-state index in [4.69, 9.17) is 4.42 Å². The van der Waals surface area contributed by atoms with Gasteiger partial charge < -0.3 is 9.32 Å². The normalized spacial score (nSPS) is 14.6. The fourth-order valence-corrected chi connectivity index (χ4v) is 9.85. The second kappa shape index (κ2) is 11.1. The number of benzene rings is 8. The number of fused-ring (bicyclic) bond motifs is 10. The van der Waals surface area contributed by atoms with E-state index in [0.29, 0.717) is 0 Å². The van der Waals surface area contributed by atoms with Crippen LogP contribution in [0.3, 0.4) is 0 Å². The highest BCUT2D eigenvalue weighted by Gasteiger charge is 2.39. The first-order valence-electron chi connectivity index (χ1n) is 19.0. The van der Waals surface area contributed by atoms with Crippen LogP contribution in [-0.4, -0.2) is 0 Å². The summed E-state index contributed by atoms with van der Waals surface area (Å²) in [7, 11) is 0. The Morgan fingerprint density at radius 3 is 1.89 bits per heavy atom. The lowest BCUT2D eigenvalue weighted by molar-refractivity contribution is 0.660. The van der Waals surface area contributed by atoms with Crippen LogP contribution in [0.25, 0.3) is 66.1 Å². The van der Waals surface area contributed by atoms with Gasteiger partial charge in [0.2, 0.25) is 0 Å². The lowest BCUT2D eigenvalue weighted by Gasteiger charge is -2.30. The molecule has 1 aromatic heterocycles. The van der Waals surface area contributed by atoms with Crippen molar-refractivity contribution in [1.82, 2.24) is 0 Å². The van der Waals surface area contributed by atoms with E-state index in [0.717, 1.165) is 38.9 Å². The van der Waals surface area contributed by atoms with Gasteiger partial charge in [-0.3, -0.25) is 0 Å². The summed E-state index contributed by atoms with van der Waals surface area (Å²) in [5.41, 5.74) is 17.9. The van der Waals surface area contributed by atoms with Crippen molar-refractivity contribution in [3.05, 3.63) is 186 Å². The van der Waals surface area contributed by atoms with Crippen LogP contribution >= 0.6 is 0 Å². The second-order valence-electron chi connectivity index (χ2n) is 16.1.